The summed E-state index contributed by atoms with van der Waals surface area (Å²) in [6.07, 6.45) is 3.37. The first kappa shape index (κ1) is 14.2. The van der Waals surface area contributed by atoms with Crippen LogP contribution >= 0.6 is 0 Å². The van der Waals surface area contributed by atoms with Gasteiger partial charge in [0.15, 0.2) is 0 Å². The molecule has 1 heterocycles. The Kier molecular flexibility index (Phi) is 3.83. The van der Waals surface area contributed by atoms with Crippen LogP contribution in [0.5, 0.6) is 0 Å². The van der Waals surface area contributed by atoms with Crippen molar-refractivity contribution in [1.29, 1.82) is 0 Å². The van der Waals surface area contributed by atoms with Crippen molar-refractivity contribution < 1.29 is 9.18 Å². The lowest BCUT2D eigenvalue weighted by molar-refractivity contribution is -0.117. The molecule has 3 rings (SSSR count). The lowest BCUT2D eigenvalue weighted by atomic mass is 10.00. The van der Waals surface area contributed by atoms with Crippen LogP contribution in [0.4, 0.5) is 10.1 Å². The van der Waals surface area contributed by atoms with Crippen LogP contribution in [-0.4, -0.2) is 10.9 Å². The maximum atomic E-state index is 13.3. The van der Waals surface area contributed by atoms with E-state index in [9.17, 15) is 9.18 Å². The first-order valence-corrected chi connectivity index (χ1v) is 7.04. The molecule has 4 heteroatoms. The van der Waals surface area contributed by atoms with Gasteiger partial charge in [-0.1, -0.05) is 36.4 Å². The number of aromatic nitrogens is 1. The Hall–Kier alpha value is -2.75. The number of nitrogens with zero attached hydrogens (tertiary/aromatic N) is 1. The molecule has 0 unspecified atom stereocenters. The molecule has 3 nitrogen and oxygen atoms in total. The Bertz CT molecular complexity index is 827. The van der Waals surface area contributed by atoms with Crippen LogP contribution in [0.25, 0.3) is 10.8 Å². The fourth-order valence-corrected chi connectivity index (χ4v) is 2.38. The van der Waals surface area contributed by atoms with E-state index in [0.717, 1.165) is 10.8 Å². The van der Waals surface area contributed by atoms with Crippen LogP contribution < -0.4 is 5.32 Å². The highest BCUT2D eigenvalue weighted by Gasteiger charge is 2.16. The molecule has 22 heavy (non-hydrogen) atoms. The second-order valence-corrected chi connectivity index (χ2v) is 5.17. The Morgan fingerprint density at radius 1 is 1.14 bits per heavy atom. The summed E-state index contributed by atoms with van der Waals surface area (Å²) in [5, 5.41) is 4.76. The Morgan fingerprint density at radius 2 is 1.95 bits per heavy atom. The van der Waals surface area contributed by atoms with E-state index in [1.54, 1.807) is 31.5 Å². The molecule has 3 aromatic rings. The predicted molar refractivity (Wildman–Crippen MR) is 85.2 cm³/mol. The number of halogens is 1. The zero-order valence-corrected chi connectivity index (χ0v) is 12.1. The van der Waals surface area contributed by atoms with E-state index < -0.39 is 5.92 Å². The number of carbonyl (C=O) groups is 1. The monoisotopic (exact) mass is 294 g/mol. The van der Waals surface area contributed by atoms with Gasteiger partial charge in [-0.25, -0.2) is 4.39 Å². The van der Waals surface area contributed by atoms with Crippen LogP contribution in [0.15, 0.2) is 60.9 Å². The van der Waals surface area contributed by atoms with Crippen LogP contribution in [0, 0.1) is 5.82 Å². The number of hydrogen-bond donors (Lipinski definition) is 1. The zero-order chi connectivity index (χ0) is 15.5. The average molecular weight is 294 g/mol. The molecule has 0 saturated heterocycles. The summed E-state index contributed by atoms with van der Waals surface area (Å²) in [6.45, 7) is 1.75. The molecule has 0 saturated carbocycles. The van der Waals surface area contributed by atoms with Crippen molar-refractivity contribution >= 4 is 22.4 Å². The number of hydrogen-bond acceptors (Lipinski definition) is 2. The largest absolute Gasteiger partial charge is 0.324 e. The molecule has 1 amide bonds. The molecule has 0 aliphatic carbocycles. The molecular formula is C18H15FN2O. The Labute approximate surface area is 127 Å². The molecule has 1 atom stereocenters. The molecule has 0 bridgehead atoms. The van der Waals surface area contributed by atoms with Crippen molar-refractivity contribution in [3.63, 3.8) is 0 Å². The summed E-state index contributed by atoms with van der Waals surface area (Å²) in [6, 6.07) is 13.8. The third-order valence-electron chi connectivity index (χ3n) is 3.67. The van der Waals surface area contributed by atoms with Crippen LogP contribution in [-0.2, 0) is 4.79 Å². The molecule has 0 radical (unpaired) electrons. The van der Waals surface area contributed by atoms with Crippen molar-refractivity contribution in [2.45, 2.75) is 12.8 Å². The number of benzene rings is 2. The lowest BCUT2D eigenvalue weighted by Gasteiger charge is -2.14. The summed E-state index contributed by atoms with van der Waals surface area (Å²) < 4.78 is 13.3. The Balaban J connectivity index is 1.87. The number of pyridine rings is 1. The van der Waals surface area contributed by atoms with Crippen molar-refractivity contribution in [2.24, 2.45) is 0 Å². The average Bonchev–Trinajstić information content (AvgIpc) is 2.54. The summed E-state index contributed by atoms with van der Waals surface area (Å²) in [7, 11) is 0. The fourth-order valence-electron chi connectivity index (χ4n) is 2.38. The Morgan fingerprint density at radius 3 is 2.77 bits per heavy atom. The highest BCUT2D eigenvalue weighted by atomic mass is 19.1. The minimum Gasteiger partial charge on any atom is -0.324 e. The summed E-state index contributed by atoms with van der Waals surface area (Å²) >= 11 is 0. The van der Waals surface area contributed by atoms with Gasteiger partial charge in [0.2, 0.25) is 5.91 Å². The molecule has 0 aliphatic rings. The number of carbonyl (C=O) groups excluding carboxylic acids is 1. The van der Waals surface area contributed by atoms with Gasteiger partial charge in [-0.15, -0.1) is 0 Å². The highest BCUT2D eigenvalue weighted by molar-refractivity contribution is 6.03. The van der Waals surface area contributed by atoms with E-state index in [2.05, 4.69) is 10.3 Å². The minimum atomic E-state index is -0.449. The van der Waals surface area contributed by atoms with Gasteiger partial charge < -0.3 is 5.32 Å². The number of anilines is 1. The fraction of sp³-hybridized carbons (Fsp3) is 0.111. The molecular weight excluding hydrogens is 279 g/mol. The maximum absolute atomic E-state index is 13.3. The van der Waals surface area contributed by atoms with Gasteiger partial charge in [-0.05, 0) is 24.6 Å². The van der Waals surface area contributed by atoms with Crippen LogP contribution in [0.3, 0.4) is 0 Å². The SMILES string of the molecule is C[C@@H](C(=O)Nc1cncc2ccccc12)c1cccc(F)c1. The number of nitrogens with one attached hydrogen (secondary N) is 1. The predicted octanol–water partition coefficient (Wildman–Crippen LogP) is 4.12. The second-order valence-electron chi connectivity index (χ2n) is 5.17. The third kappa shape index (κ3) is 2.81. The normalized spacial score (nSPS) is 12.1. The smallest absolute Gasteiger partial charge is 0.231 e. The van der Waals surface area contributed by atoms with E-state index in [-0.39, 0.29) is 11.7 Å². The van der Waals surface area contributed by atoms with Crippen molar-refractivity contribution in [1.82, 2.24) is 4.98 Å². The molecule has 0 fully saturated rings. The van der Waals surface area contributed by atoms with Crippen molar-refractivity contribution in [3.8, 4) is 0 Å². The van der Waals surface area contributed by atoms with E-state index in [1.165, 1.54) is 12.1 Å². The van der Waals surface area contributed by atoms with Gasteiger partial charge in [-0.3, -0.25) is 9.78 Å². The van der Waals surface area contributed by atoms with E-state index in [0.29, 0.717) is 11.3 Å². The topological polar surface area (TPSA) is 42.0 Å². The number of rotatable bonds is 3. The van der Waals surface area contributed by atoms with Crippen LogP contribution in [0.1, 0.15) is 18.4 Å². The summed E-state index contributed by atoms with van der Waals surface area (Å²) in [5.74, 6) is -0.984. The van der Waals surface area contributed by atoms with E-state index >= 15 is 0 Å². The molecule has 1 aromatic heterocycles. The second kappa shape index (κ2) is 5.93. The van der Waals surface area contributed by atoms with Gasteiger partial charge in [0.05, 0.1) is 17.8 Å². The van der Waals surface area contributed by atoms with E-state index in [1.807, 2.05) is 24.3 Å². The van der Waals surface area contributed by atoms with Gasteiger partial charge in [-0.2, -0.15) is 0 Å². The summed E-state index contributed by atoms with van der Waals surface area (Å²) in [4.78, 5) is 16.5. The van der Waals surface area contributed by atoms with Gasteiger partial charge in [0.25, 0.3) is 0 Å². The van der Waals surface area contributed by atoms with Gasteiger partial charge in [0, 0.05) is 17.0 Å². The standard InChI is InChI=1S/C18H15FN2O/c1-12(13-6-4-7-15(19)9-13)18(22)21-17-11-20-10-14-5-2-3-8-16(14)17/h2-12H,1H3,(H,21,22)/t12-/m1/s1. The molecule has 1 N–H and O–H groups in total. The zero-order valence-electron chi connectivity index (χ0n) is 12.1. The third-order valence-corrected chi connectivity index (χ3v) is 3.67. The molecule has 0 aliphatic heterocycles. The van der Waals surface area contributed by atoms with Gasteiger partial charge in [0.1, 0.15) is 5.82 Å². The molecule has 110 valence electrons. The van der Waals surface area contributed by atoms with Crippen molar-refractivity contribution in [3.05, 3.63) is 72.3 Å². The van der Waals surface area contributed by atoms with Gasteiger partial charge >= 0.3 is 0 Å². The molecule has 2 aromatic carbocycles. The van der Waals surface area contributed by atoms with E-state index in [4.69, 9.17) is 0 Å². The van der Waals surface area contributed by atoms with Crippen molar-refractivity contribution in [2.75, 3.05) is 5.32 Å². The highest BCUT2D eigenvalue weighted by Crippen LogP contribution is 2.24. The first-order chi connectivity index (χ1) is 10.6. The summed E-state index contributed by atoms with van der Waals surface area (Å²) in [5.41, 5.74) is 1.30. The number of amides is 1. The minimum absolute atomic E-state index is 0.191. The molecule has 0 spiro atoms. The van der Waals surface area contributed by atoms with Crippen LogP contribution in [0.2, 0.25) is 0 Å². The quantitative estimate of drug-likeness (QED) is 0.789. The first-order valence-electron chi connectivity index (χ1n) is 7.04. The lowest BCUT2D eigenvalue weighted by Crippen LogP contribution is -2.19. The number of fused-ring (bicyclic) bond motifs is 1. The maximum Gasteiger partial charge on any atom is 0.231 e.